The quantitative estimate of drug-likeness (QED) is 0.676. The Kier molecular flexibility index (Phi) is 7.62. The Morgan fingerprint density at radius 1 is 1.41 bits per heavy atom. The molecule has 0 spiro atoms. The minimum absolute atomic E-state index is 0.0949. The summed E-state index contributed by atoms with van der Waals surface area (Å²) in [7, 11) is 0. The Labute approximate surface area is 162 Å². The number of benzene rings is 1. The van der Waals surface area contributed by atoms with E-state index in [4.69, 9.17) is 10.5 Å². The van der Waals surface area contributed by atoms with E-state index in [0.717, 1.165) is 0 Å². The van der Waals surface area contributed by atoms with Crippen LogP contribution in [0.5, 0.6) is 5.75 Å². The van der Waals surface area contributed by atoms with E-state index in [1.54, 1.807) is 0 Å². The maximum absolute atomic E-state index is 12.7. The highest BCUT2D eigenvalue weighted by Gasteiger charge is 2.13. The van der Waals surface area contributed by atoms with Crippen molar-refractivity contribution >= 4 is 33.4 Å². The standard InChI is InChI=1S/C12H8BrFN2O2.C5H9FN2O/c13-7-5-10(17)11(15-6-7)12(18)16-9-3-1-8(14)2-4-9;6-1-4-2-9-3-5(7)8-4/h1-6,17H,(H,16,18);4H,1-3H2,(H2,7,8). The van der Waals surface area contributed by atoms with Crippen LogP contribution in [-0.4, -0.2) is 47.8 Å². The van der Waals surface area contributed by atoms with Crippen molar-refractivity contribution in [1.29, 1.82) is 0 Å². The Hall–Kier alpha value is -2.59. The van der Waals surface area contributed by atoms with Gasteiger partial charge in [-0.05, 0) is 46.3 Å². The van der Waals surface area contributed by atoms with Gasteiger partial charge in [0.15, 0.2) is 5.69 Å². The van der Waals surface area contributed by atoms with Crippen molar-refractivity contribution in [1.82, 2.24) is 4.98 Å². The minimum atomic E-state index is -0.563. The monoisotopic (exact) mass is 442 g/mol. The second-order valence-electron chi connectivity index (χ2n) is 5.43. The van der Waals surface area contributed by atoms with E-state index in [0.29, 0.717) is 29.2 Å². The molecule has 1 amide bonds. The zero-order valence-electron chi connectivity index (χ0n) is 14.0. The highest BCUT2D eigenvalue weighted by Crippen LogP contribution is 2.20. The third-order valence-corrected chi connectivity index (χ3v) is 3.67. The molecule has 2 aromatic rings. The largest absolute Gasteiger partial charge is 0.505 e. The molecular weight excluding hydrogens is 426 g/mol. The molecule has 1 aromatic carbocycles. The summed E-state index contributed by atoms with van der Waals surface area (Å²) < 4.78 is 30.0. The lowest BCUT2D eigenvalue weighted by molar-refractivity contribution is 0.101. The molecule has 7 nitrogen and oxygen atoms in total. The smallest absolute Gasteiger partial charge is 0.278 e. The van der Waals surface area contributed by atoms with Crippen molar-refractivity contribution in [2.45, 2.75) is 6.04 Å². The molecule has 1 aromatic heterocycles. The second kappa shape index (κ2) is 9.93. The molecule has 144 valence electrons. The molecule has 0 saturated carbocycles. The SMILES string of the molecule is NC1=NC(CF)COC1.O=C(Nc1ccc(F)cc1)c1ncc(Br)cc1O. The number of alkyl halides is 1. The van der Waals surface area contributed by atoms with Gasteiger partial charge in [0.1, 0.15) is 36.7 Å². The van der Waals surface area contributed by atoms with Gasteiger partial charge in [-0.25, -0.2) is 13.8 Å². The van der Waals surface area contributed by atoms with Crippen LogP contribution < -0.4 is 11.1 Å². The number of nitrogens with one attached hydrogen (secondary N) is 1. The van der Waals surface area contributed by atoms with E-state index in [2.05, 4.69) is 31.2 Å². The van der Waals surface area contributed by atoms with Gasteiger partial charge in [0.25, 0.3) is 5.91 Å². The van der Waals surface area contributed by atoms with E-state index < -0.39 is 18.4 Å². The molecule has 1 unspecified atom stereocenters. The summed E-state index contributed by atoms with van der Waals surface area (Å²) >= 11 is 3.12. The van der Waals surface area contributed by atoms with Crippen LogP contribution in [0.3, 0.4) is 0 Å². The van der Waals surface area contributed by atoms with Crippen LogP contribution in [0.15, 0.2) is 46.0 Å². The second-order valence-corrected chi connectivity index (χ2v) is 6.34. The first-order valence-electron chi connectivity index (χ1n) is 7.76. The average molecular weight is 443 g/mol. The lowest BCUT2D eigenvalue weighted by Gasteiger charge is -2.15. The molecule has 0 radical (unpaired) electrons. The van der Waals surface area contributed by atoms with Gasteiger partial charge >= 0.3 is 0 Å². The molecule has 4 N–H and O–H groups in total. The summed E-state index contributed by atoms with van der Waals surface area (Å²) in [5, 5.41) is 12.1. The van der Waals surface area contributed by atoms with E-state index in [-0.39, 0.29) is 17.5 Å². The molecule has 1 aliphatic rings. The number of anilines is 1. The number of aromatic nitrogens is 1. The summed E-state index contributed by atoms with van der Waals surface area (Å²) in [6, 6.07) is 6.30. The van der Waals surface area contributed by atoms with Gasteiger partial charge in [-0.1, -0.05) is 0 Å². The van der Waals surface area contributed by atoms with Crippen LogP contribution in [-0.2, 0) is 4.74 Å². The molecule has 27 heavy (non-hydrogen) atoms. The molecule has 0 bridgehead atoms. The van der Waals surface area contributed by atoms with E-state index >= 15 is 0 Å². The number of carbonyl (C=O) groups is 1. The number of carbonyl (C=O) groups excluding carboxylic acids is 1. The summed E-state index contributed by atoms with van der Waals surface area (Å²) in [5.41, 5.74) is 5.59. The first kappa shape index (κ1) is 20.7. The van der Waals surface area contributed by atoms with Crippen molar-refractivity contribution in [3.8, 4) is 5.75 Å². The minimum Gasteiger partial charge on any atom is -0.505 e. The van der Waals surface area contributed by atoms with Gasteiger partial charge in [0, 0.05) is 16.4 Å². The number of ether oxygens (including phenoxy) is 1. The number of aromatic hydroxyl groups is 1. The molecule has 1 atom stereocenters. The van der Waals surface area contributed by atoms with Crippen LogP contribution in [0.4, 0.5) is 14.5 Å². The first-order chi connectivity index (χ1) is 12.9. The van der Waals surface area contributed by atoms with Gasteiger partial charge in [-0.2, -0.15) is 0 Å². The fraction of sp³-hybridized carbons (Fsp3) is 0.235. The number of nitrogens with zero attached hydrogens (tertiary/aromatic N) is 2. The Morgan fingerprint density at radius 3 is 2.67 bits per heavy atom. The van der Waals surface area contributed by atoms with Crippen molar-refractivity contribution in [3.05, 3.63) is 52.5 Å². The maximum Gasteiger partial charge on any atom is 0.278 e. The molecule has 10 heteroatoms. The first-order valence-corrected chi connectivity index (χ1v) is 8.55. The molecule has 0 fully saturated rings. The Bertz CT molecular complexity index is 818. The van der Waals surface area contributed by atoms with Crippen LogP contribution in [0, 0.1) is 5.82 Å². The lowest BCUT2D eigenvalue weighted by atomic mass is 10.2. The van der Waals surface area contributed by atoms with Crippen molar-refractivity contribution in [2.75, 3.05) is 25.2 Å². The van der Waals surface area contributed by atoms with Gasteiger partial charge in [0.05, 0.1) is 6.61 Å². The number of pyridine rings is 1. The van der Waals surface area contributed by atoms with Crippen molar-refractivity contribution in [3.63, 3.8) is 0 Å². The molecule has 2 heterocycles. The fourth-order valence-electron chi connectivity index (χ4n) is 2.01. The fourth-order valence-corrected chi connectivity index (χ4v) is 2.33. The zero-order valence-corrected chi connectivity index (χ0v) is 15.6. The Balaban J connectivity index is 0.000000244. The number of nitrogens with two attached hydrogens (primary N) is 1. The summed E-state index contributed by atoms with van der Waals surface area (Å²) in [6.07, 6.45) is 1.40. The van der Waals surface area contributed by atoms with Crippen LogP contribution in [0.2, 0.25) is 0 Å². The number of amides is 1. The van der Waals surface area contributed by atoms with Gasteiger partial charge in [-0.15, -0.1) is 0 Å². The van der Waals surface area contributed by atoms with E-state index in [9.17, 15) is 18.7 Å². The normalized spacial score (nSPS) is 16.0. The predicted molar refractivity (Wildman–Crippen MR) is 100 cm³/mol. The molecule has 1 aliphatic heterocycles. The molecule has 0 saturated heterocycles. The predicted octanol–water partition coefficient (Wildman–Crippen LogP) is 2.65. The van der Waals surface area contributed by atoms with Crippen LogP contribution in [0.1, 0.15) is 10.5 Å². The summed E-state index contributed by atoms with van der Waals surface area (Å²) in [4.78, 5) is 19.4. The van der Waals surface area contributed by atoms with E-state index in [1.165, 1.54) is 36.5 Å². The number of hydrogen-bond acceptors (Lipinski definition) is 6. The third kappa shape index (κ3) is 6.57. The van der Waals surface area contributed by atoms with Crippen molar-refractivity contribution in [2.24, 2.45) is 10.7 Å². The zero-order chi connectivity index (χ0) is 19.8. The van der Waals surface area contributed by atoms with Gasteiger partial charge < -0.3 is 20.9 Å². The van der Waals surface area contributed by atoms with Crippen molar-refractivity contribution < 1.29 is 23.4 Å². The van der Waals surface area contributed by atoms with Gasteiger partial charge in [0.2, 0.25) is 0 Å². The number of hydrogen-bond donors (Lipinski definition) is 3. The summed E-state index contributed by atoms with van der Waals surface area (Å²) in [5.74, 6) is -0.794. The number of halogens is 3. The van der Waals surface area contributed by atoms with Gasteiger partial charge in [-0.3, -0.25) is 9.79 Å². The number of amidine groups is 1. The maximum atomic E-state index is 12.7. The Morgan fingerprint density at radius 2 is 2.11 bits per heavy atom. The lowest BCUT2D eigenvalue weighted by Crippen LogP contribution is -2.31. The third-order valence-electron chi connectivity index (χ3n) is 3.24. The highest BCUT2D eigenvalue weighted by molar-refractivity contribution is 9.10. The molecular formula is C17H17BrF2N4O3. The number of rotatable bonds is 3. The van der Waals surface area contributed by atoms with E-state index in [1.807, 2.05) is 0 Å². The highest BCUT2D eigenvalue weighted by atomic mass is 79.9. The molecule has 3 rings (SSSR count). The average Bonchev–Trinajstić information content (AvgIpc) is 2.64. The summed E-state index contributed by atoms with van der Waals surface area (Å²) in [6.45, 7) is 0.217. The topological polar surface area (TPSA) is 110 Å². The van der Waals surface area contributed by atoms with Crippen LogP contribution in [0.25, 0.3) is 0 Å². The molecule has 0 aliphatic carbocycles. The number of aliphatic imine (C=N–C) groups is 1. The van der Waals surface area contributed by atoms with Crippen LogP contribution >= 0.6 is 15.9 Å².